The lowest BCUT2D eigenvalue weighted by Crippen LogP contribution is -2.49. The number of hydrogen-bond donors (Lipinski definition) is 0. The minimum absolute atomic E-state index is 0.0379. The van der Waals surface area contributed by atoms with Crippen LogP contribution in [-0.2, 0) is 6.54 Å². The number of aromatic nitrogens is 2. The normalized spacial score (nSPS) is 14.0. The Kier molecular flexibility index (Phi) is 6.14. The highest BCUT2D eigenvalue weighted by molar-refractivity contribution is 6.31. The van der Waals surface area contributed by atoms with Crippen LogP contribution in [0, 0.1) is 24.0 Å². The number of hydrogen-bond acceptors (Lipinski definition) is 5. The molecule has 0 spiro atoms. The third-order valence-corrected chi connectivity index (χ3v) is 6.21. The van der Waals surface area contributed by atoms with Crippen LogP contribution in [-0.4, -0.2) is 51.7 Å². The van der Waals surface area contributed by atoms with E-state index >= 15 is 0 Å². The van der Waals surface area contributed by atoms with Gasteiger partial charge in [-0.15, -0.1) is 0 Å². The first-order valence-electron chi connectivity index (χ1n) is 10.4. The smallest absolute Gasteiger partial charge is 0.271 e. The Morgan fingerprint density at radius 1 is 1.09 bits per heavy atom. The third kappa shape index (κ3) is 4.31. The molecule has 8 nitrogen and oxygen atoms in total. The van der Waals surface area contributed by atoms with Crippen LogP contribution in [0.2, 0.25) is 5.02 Å². The summed E-state index contributed by atoms with van der Waals surface area (Å²) in [5.74, 6) is -0.0379. The van der Waals surface area contributed by atoms with E-state index in [0.717, 1.165) is 16.9 Å². The second-order valence-electron chi connectivity index (χ2n) is 7.85. The van der Waals surface area contributed by atoms with E-state index < -0.39 is 4.92 Å². The first-order chi connectivity index (χ1) is 15.3. The minimum Gasteiger partial charge on any atom is -0.368 e. The number of aryl methyl sites for hydroxylation is 1. The number of carbonyl (C=O) groups excluding carboxylic acids is 1. The van der Waals surface area contributed by atoms with Gasteiger partial charge < -0.3 is 9.80 Å². The zero-order valence-corrected chi connectivity index (χ0v) is 18.7. The molecule has 1 aromatic heterocycles. The van der Waals surface area contributed by atoms with Crippen LogP contribution in [0.15, 0.2) is 48.5 Å². The maximum atomic E-state index is 13.3. The Morgan fingerprint density at radius 2 is 1.81 bits per heavy atom. The van der Waals surface area contributed by atoms with Crippen molar-refractivity contribution in [3.63, 3.8) is 0 Å². The zero-order chi connectivity index (χ0) is 22.8. The summed E-state index contributed by atoms with van der Waals surface area (Å²) < 4.78 is 1.82. The number of nitro benzene ring substituents is 1. The Balaban J connectivity index is 1.47. The number of carbonyl (C=O) groups is 1. The lowest BCUT2D eigenvalue weighted by Gasteiger charge is -2.36. The molecule has 0 unspecified atom stereocenters. The maximum Gasteiger partial charge on any atom is 0.271 e. The molecule has 1 amide bonds. The van der Waals surface area contributed by atoms with Crippen molar-refractivity contribution in [1.29, 1.82) is 0 Å². The summed E-state index contributed by atoms with van der Waals surface area (Å²) in [6.07, 6.45) is 0. The Morgan fingerprint density at radius 3 is 2.50 bits per heavy atom. The minimum atomic E-state index is -0.394. The number of nitro groups is 1. The Hall–Kier alpha value is -3.39. The van der Waals surface area contributed by atoms with E-state index in [0.29, 0.717) is 49.0 Å². The first kappa shape index (κ1) is 21.8. The van der Waals surface area contributed by atoms with Crippen LogP contribution in [0.4, 0.5) is 11.4 Å². The van der Waals surface area contributed by atoms with Crippen molar-refractivity contribution in [3.8, 4) is 0 Å². The van der Waals surface area contributed by atoms with Gasteiger partial charge in [0.1, 0.15) is 0 Å². The highest BCUT2D eigenvalue weighted by atomic mass is 35.5. The molecule has 2 heterocycles. The summed E-state index contributed by atoms with van der Waals surface area (Å²) >= 11 is 6.29. The fourth-order valence-electron chi connectivity index (χ4n) is 4.08. The van der Waals surface area contributed by atoms with E-state index in [1.807, 2.05) is 53.8 Å². The van der Waals surface area contributed by atoms with Gasteiger partial charge in [-0.3, -0.25) is 19.6 Å². The lowest BCUT2D eigenvalue weighted by molar-refractivity contribution is -0.384. The van der Waals surface area contributed by atoms with E-state index in [-0.39, 0.29) is 11.6 Å². The van der Waals surface area contributed by atoms with Crippen LogP contribution < -0.4 is 4.90 Å². The highest BCUT2D eigenvalue weighted by Crippen LogP contribution is 2.24. The van der Waals surface area contributed by atoms with Crippen molar-refractivity contribution < 1.29 is 9.72 Å². The van der Waals surface area contributed by atoms with Crippen LogP contribution >= 0.6 is 11.6 Å². The van der Waals surface area contributed by atoms with E-state index in [2.05, 4.69) is 10.00 Å². The molecule has 32 heavy (non-hydrogen) atoms. The first-order valence-corrected chi connectivity index (χ1v) is 10.8. The van der Waals surface area contributed by atoms with Crippen molar-refractivity contribution in [1.82, 2.24) is 14.7 Å². The molecule has 1 saturated heterocycles. The van der Waals surface area contributed by atoms with Crippen LogP contribution in [0.25, 0.3) is 0 Å². The quantitative estimate of drug-likeness (QED) is 0.429. The summed E-state index contributed by atoms with van der Waals surface area (Å²) in [5, 5.41) is 16.3. The number of amides is 1. The van der Waals surface area contributed by atoms with Gasteiger partial charge in [0.05, 0.1) is 22.7 Å². The summed E-state index contributed by atoms with van der Waals surface area (Å²) in [5.41, 5.74) is 3.95. The summed E-state index contributed by atoms with van der Waals surface area (Å²) in [4.78, 5) is 27.8. The summed E-state index contributed by atoms with van der Waals surface area (Å²) in [6.45, 7) is 6.55. The molecule has 0 aliphatic carbocycles. The van der Waals surface area contributed by atoms with Crippen LogP contribution in [0.5, 0.6) is 0 Å². The number of piperazine rings is 1. The molecule has 0 N–H and O–H groups in total. The van der Waals surface area contributed by atoms with Crippen molar-refractivity contribution in [2.24, 2.45) is 0 Å². The molecular formula is C23H24ClN5O3. The number of halogens is 1. The van der Waals surface area contributed by atoms with Crippen LogP contribution in [0.1, 0.15) is 27.3 Å². The molecule has 0 atom stereocenters. The van der Waals surface area contributed by atoms with Gasteiger partial charge in [0.15, 0.2) is 0 Å². The lowest BCUT2D eigenvalue weighted by atomic mass is 10.1. The number of nitrogens with zero attached hydrogens (tertiary/aromatic N) is 5. The standard InChI is InChI=1S/C23H24ClN5O3/c1-16-22(17(2)28(25-16)15-18-6-3-4-9-21(18)24)23(30)27-12-10-26(11-13-27)19-7-5-8-20(14-19)29(31)32/h3-9,14H,10-13,15H2,1-2H3. The van der Waals surface area contributed by atoms with E-state index in [4.69, 9.17) is 11.6 Å². The second-order valence-corrected chi connectivity index (χ2v) is 8.26. The second kappa shape index (κ2) is 9.00. The largest absolute Gasteiger partial charge is 0.368 e. The average molecular weight is 454 g/mol. The van der Waals surface area contributed by atoms with Gasteiger partial charge in [0.2, 0.25) is 0 Å². The molecule has 1 aliphatic heterocycles. The van der Waals surface area contributed by atoms with Gasteiger partial charge in [-0.25, -0.2) is 0 Å². The van der Waals surface area contributed by atoms with Gasteiger partial charge in [0, 0.05) is 54.7 Å². The molecule has 0 saturated carbocycles. The topological polar surface area (TPSA) is 84.5 Å². The predicted molar refractivity (Wildman–Crippen MR) is 123 cm³/mol. The molecule has 166 valence electrons. The SMILES string of the molecule is Cc1nn(Cc2ccccc2Cl)c(C)c1C(=O)N1CCN(c2cccc([N+](=O)[O-])c2)CC1. The van der Waals surface area contributed by atoms with Crippen molar-refractivity contribution >= 4 is 28.9 Å². The van der Waals surface area contributed by atoms with Crippen LogP contribution in [0.3, 0.4) is 0 Å². The van der Waals surface area contributed by atoms with Gasteiger partial charge in [0.25, 0.3) is 11.6 Å². The fraction of sp³-hybridized carbons (Fsp3) is 0.304. The zero-order valence-electron chi connectivity index (χ0n) is 18.0. The molecule has 1 aliphatic rings. The maximum absolute atomic E-state index is 13.3. The number of rotatable bonds is 5. The molecule has 3 aromatic rings. The molecule has 4 rings (SSSR count). The third-order valence-electron chi connectivity index (χ3n) is 5.85. The molecule has 9 heteroatoms. The molecule has 1 fully saturated rings. The Bertz CT molecular complexity index is 1170. The highest BCUT2D eigenvalue weighted by Gasteiger charge is 2.27. The van der Waals surface area contributed by atoms with Crippen molar-refractivity contribution in [2.75, 3.05) is 31.1 Å². The fourth-order valence-corrected chi connectivity index (χ4v) is 4.27. The summed E-state index contributed by atoms with van der Waals surface area (Å²) in [6, 6.07) is 14.2. The van der Waals surface area contributed by atoms with E-state index in [1.54, 1.807) is 12.1 Å². The molecule has 0 bridgehead atoms. The monoisotopic (exact) mass is 453 g/mol. The molecule has 0 radical (unpaired) electrons. The average Bonchev–Trinajstić information content (AvgIpc) is 3.07. The van der Waals surface area contributed by atoms with E-state index in [1.165, 1.54) is 6.07 Å². The van der Waals surface area contributed by atoms with Gasteiger partial charge in [-0.05, 0) is 31.5 Å². The van der Waals surface area contributed by atoms with Crippen molar-refractivity contribution in [2.45, 2.75) is 20.4 Å². The van der Waals surface area contributed by atoms with Gasteiger partial charge >= 0.3 is 0 Å². The van der Waals surface area contributed by atoms with Gasteiger partial charge in [-0.1, -0.05) is 35.9 Å². The number of benzene rings is 2. The van der Waals surface area contributed by atoms with E-state index in [9.17, 15) is 14.9 Å². The molecule has 2 aromatic carbocycles. The predicted octanol–water partition coefficient (Wildman–Crippen LogP) is 4.07. The Labute approximate surface area is 191 Å². The van der Waals surface area contributed by atoms with Crippen molar-refractivity contribution in [3.05, 3.63) is 86.2 Å². The van der Waals surface area contributed by atoms with Gasteiger partial charge in [-0.2, -0.15) is 5.10 Å². The number of anilines is 1. The number of non-ortho nitro benzene ring substituents is 1. The summed E-state index contributed by atoms with van der Waals surface area (Å²) in [7, 11) is 0. The molecular weight excluding hydrogens is 430 g/mol.